The van der Waals surface area contributed by atoms with Gasteiger partial charge in [-0.3, -0.25) is 4.79 Å². The lowest BCUT2D eigenvalue weighted by atomic mass is 9.83. The van der Waals surface area contributed by atoms with Gasteiger partial charge < -0.3 is 5.73 Å². The number of hydrogen-bond acceptors (Lipinski definition) is 2. The third-order valence-electron chi connectivity index (χ3n) is 1.70. The van der Waals surface area contributed by atoms with Gasteiger partial charge in [0.15, 0.2) is 0 Å². The first-order valence-electron chi connectivity index (χ1n) is 3.59. The first-order valence-corrected chi connectivity index (χ1v) is 3.59. The van der Waals surface area contributed by atoms with Crippen LogP contribution in [0.4, 0.5) is 0 Å². The molecule has 0 aromatic carbocycles. The van der Waals surface area contributed by atoms with Crippen molar-refractivity contribution in [2.24, 2.45) is 17.1 Å². The number of rotatable bonds is 3. The van der Waals surface area contributed by atoms with Gasteiger partial charge >= 0.3 is 0 Å². The lowest BCUT2D eigenvalue weighted by molar-refractivity contribution is -0.126. The summed E-state index contributed by atoms with van der Waals surface area (Å²) in [5.41, 5.74) is 4.56. The molecule has 0 aromatic rings. The van der Waals surface area contributed by atoms with E-state index in [4.69, 9.17) is 11.0 Å². The SMILES string of the molecule is CC(C#N)CC(C)(C)C(N)=O. The zero-order valence-electron chi connectivity index (χ0n) is 7.22. The Morgan fingerprint density at radius 2 is 2.18 bits per heavy atom. The molecule has 3 heteroatoms. The average molecular weight is 154 g/mol. The van der Waals surface area contributed by atoms with E-state index in [9.17, 15) is 4.79 Å². The van der Waals surface area contributed by atoms with E-state index < -0.39 is 5.41 Å². The lowest BCUT2D eigenvalue weighted by Gasteiger charge is -2.20. The van der Waals surface area contributed by atoms with Crippen molar-refractivity contribution >= 4 is 5.91 Å². The molecular formula is C8H14N2O. The summed E-state index contributed by atoms with van der Waals surface area (Å²) in [5, 5.41) is 8.48. The van der Waals surface area contributed by atoms with Crippen molar-refractivity contribution in [3.63, 3.8) is 0 Å². The molecule has 1 unspecified atom stereocenters. The van der Waals surface area contributed by atoms with Gasteiger partial charge in [-0.1, -0.05) is 13.8 Å². The van der Waals surface area contributed by atoms with Crippen LogP contribution in [0.2, 0.25) is 0 Å². The predicted octanol–water partition coefficient (Wildman–Crippen LogP) is 1.05. The molecule has 0 aliphatic carbocycles. The van der Waals surface area contributed by atoms with Crippen LogP contribution in [0.5, 0.6) is 0 Å². The standard InChI is InChI=1S/C8H14N2O/c1-6(5-9)4-8(2,3)7(10)11/h6H,4H2,1-3H3,(H2,10,11). The van der Waals surface area contributed by atoms with Crippen molar-refractivity contribution in [3.05, 3.63) is 0 Å². The zero-order valence-corrected chi connectivity index (χ0v) is 7.22. The van der Waals surface area contributed by atoms with E-state index >= 15 is 0 Å². The van der Waals surface area contributed by atoms with Crippen LogP contribution >= 0.6 is 0 Å². The Hall–Kier alpha value is -1.04. The number of nitriles is 1. The van der Waals surface area contributed by atoms with Gasteiger partial charge in [-0.25, -0.2) is 0 Å². The van der Waals surface area contributed by atoms with Crippen LogP contribution < -0.4 is 5.73 Å². The molecule has 0 bridgehead atoms. The normalized spacial score (nSPS) is 13.6. The largest absolute Gasteiger partial charge is 0.369 e. The van der Waals surface area contributed by atoms with Crippen molar-refractivity contribution in [2.45, 2.75) is 27.2 Å². The highest BCUT2D eigenvalue weighted by Crippen LogP contribution is 2.24. The first kappa shape index (κ1) is 9.96. The van der Waals surface area contributed by atoms with Crippen molar-refractivity contribution in [1.29, 1.82) is 5.26 Å². The lowest BCUT2D eigenvalue weighted by Crippen LogP contribution is -2.32. The molecule has 3 nitrogen and oxygen atoms in total. The third kappa shape index (κ3) is 3.03. The second kappa shape index (κ2) is 3.38. The Morgan fingerprint density at radius 1 is 1.73 bits per heavy atom. The van der Waals surface area contributed by atoms with E-state index in [0.717, 1.165) is 0 Å². The number of carbonyl (C=O) groups is 1. The van der Waals surface area contributed by atoms with Gasteiger partial charge in [0.2, 0.25) is 5.91 Å². The maximum atomic E-state index is 10.8. The summed E-state index contributed by atoms with van der Waals surface area (Å²) in [6, 6.07) is 2.07. The fraction of sp³-hybridized carbons (Fsp3) is 0.750. The van der Waals surface area contributed by atoms with Crippen molar-refractivity contribution in [2.75, 3.05) is 0 Å². The van der Waals surface area contributed by atoms with Crippen molar-refractivity contribution < 1.29 is 4.79 Å². The molecule has 0 spiro atoms. The fourth-order valence-electron chi connectivity index (χ4n) is 0.912. The zero-order chi connectivity index (χ0) is 9.07. The van der Waals surface area contributed by atoms with Crippen LogP contribution in [0.1, 0.15) is 27.2 Å². The molecule has 2 N–H and O–H groups in total. The highest BCUT2D eigenvalue weighted by Gasteiger charge is 2.26. The molecule has 1 atom stereocenters. The van der Waals surface area contributed by atoms with Crippen LogP contribution in [-0.2, 0) is 4.79 Å². The molecule has 0 rings (SSSR count). The van der Waals surface area contributed by atoms with Gasteiger partial charge in [-0.15, -0.1) is 0 Å². The van der Waals surface area contributed by atoms with E-state index in [1.807, 2.05) is 0 Å². The maximum Gasteiger partial charge on any atom is 0.223 e. The Kier molecular flexibility index (Phi) is 3.06. The summed E-state index contributed by atoms with van der Waals surface area (Å²) in [5.74, 6) is -0.461. The molecule has 0 heterocycles. The third-order valence-corrected chi connectivity index (χ3v) is 1.70. The summed E-state index contributed by atoms with van der Waals surface area (Å²) < 4.78 is 0. The quantitative estimate of drug-likeness (QED) is 0.660. The number of primary amides is 1. The monoisotopic (exact) mass is 154 g/mol. The number of carbonyl (C=O) groups excluding carboxylic acids is 1. The van der Waals surface area contributed by atoms with E-state index in [0.29, 0.717) is 6.42 Å². The summed E-state index contributed by atoms with van der Waals surface area (Å²) in [6.07, 6.45) is 0.527. The topological polar surface area (TPSA) is 66.9 Å². The Bertz CT molecular complexity index is 191. The minimum atomic E-state index is -0.560. The van der Waals surface area contributed by atoms with Crippen molar-refractivity contribution in [1.82, 2.24) is 0 Å². The highest BCUT2D eigenvalue weighted by molar-refractivity contribution is 5.79. The average Bonchev–Trinajstić information content (AvgIpc) is 1.86. The minimum Gasteiger partial charge on any atom is -0.369 e. The molecule has 0 radical (unpaired) electrons. The highest BCUT2D eigenvalue weighted by atomic mass is 16.1. The van der Waals surface area contributed by atoms with Gasteiger partial charge in [0.25, 0.3) is 0 Å². The molecule has 0 aliphatic rings. The second-order valence-corrected chi connectivity index (χ2v) is 3.48. The van der Waals surface area contributed by atoms with Gasteiger partial charge in [-0.05, 0) is 13.3 Å². The van der Waals surface area contributed by atoms with Crippen LogP contribution in [0, 0.1) is 22.7 Å². The fourth-order valence-corrected chi connectivity index (χ4v) is 0.912. The number of hydrogen-bond donors (Lipinski definition) is 1. The summed E-state index contributed by atoms with van der Waals surface area (Å²) in [6.45, 7) is 5.29. The number of nitrogens with two attached hydrogens (primary N) is 1. The van der Waals surface area contributed by atoms with Gasteiger partial charge in [-0.2, -0.15) is 5.26 Å². The maximum absolute atomic E-state index is 10.8. The molecule has 0 saturated carbocycles. The molecule has 0 aliphatic heterocycles. The molecular weight excluding hydrogens is 140 g/mol. The molecule has 0 aromatic heterocycles. The van der Waals surface area contributed by atoms with Crippen molar-refractivity contribution in [3.8, 4) is 6.07 Å². The number of nitrogens with zero attached hydrogens (tertiary/aromatic N) is 1. The smallest absolute Gasteiger partial charge is 0.223 e. The Balaban J connectivity index is 4.15. The van der Waals surface area contributed by atoms with Crippen LogP contribution in [0.25, 0.3) is 0 Å². The van der Waals surface area contributed by atoms with Gasteiger partial charge in [0.05, 0.1) is 6.07 Å². The van der Waals surface area contributed by atoms with Gasteiger partial charge in [0.1, 0.15) is 0 Å². The predicted molar refractivity (Wildman–Crippen MR) is 42.4 cm³/mol. The molecule has 62 valence electrons. The summed E-state index contributed by atoms with van der Waals surface area (Å²) in [7, 11) is 0. The van der Waals surface area contributed by atoms with E-state index in [1.165, 1.54) is 0 Å². The van der Waals surface area contributed by atoms with E-state index in [2.05, 4.69) is 6.07 Å². The van der Waals surface area contributed by atoms with E-state index in [1.54, 1.807) is 20.8 Å². The molecule has 0 fully saturated rings. The summed E-state index contributed by atoms with van der Waals surface area (Å²) >= 11 is 0. The number of amides is 1. The molecule has 1 amide bonds. The Labute approximate surface area is 67.2 Å². The minimum absolute atomic E-state index is 0.113. The Morgan fingerprint density at radius 3 is 2.45 bits per heavy atom. The van der Waals surface area contributed by atoms with Gasteiger partial charge in [0, 0.05) is 11.3 Å². The van der Waals surface area contributed by atoms with E-state index in [-0.39, 0.29) is 11.8 Å². The second-order valence-electron chi connectivity index (χ2n) is 3.48. The van der Waals surface area contributed by atoms with Crippen LogP contribution in [-0.4, -0.2) is 5.91 Å². The summed E-state index contributed by atoms with van der Waals surface area (Å²) in [4.78, 5) is 10.8. The first-order chi connectivity index (χ1) is 4.90. The van der Waals surface area contributed by atoms with Crippen LogP contribution in [0.3, 0.4) is 0 Å². The van der Waals surface area contributed by atoms with Crippen LogP contribution in [0.15, 0.2) is 0 Å². The molecule has 11 heavy (non-hydrogen) atoms. The molecule has 0 saturated heterocycles.